The van der Waals surface area contributed by atoms with Gasteiger partial charge >= 0.3 is 0 Å². The molecule has 110 valence electrons. The molecule has 0 spiro atoms. The van der Waals surface area contributed by atoms with E-state index in [4.69, 9.17) is 17.3 Å². The minimum Gasteiger partial charge on any atom is -0.397 e. The predicted octanol–water partition coefficient (Wildman–Crippen LogP) is 4.13. The van der Waals surface area contributed by atoms with E-state index in [1.165, 1.54) is 4.90 Å². The third-order valence-corrected chi connectivity index (χ3v) is 3.80. The number of amides is 1. The second kappa shape index (κ2) is 6.37. The van der Waals surface area contributed by atoms with Crippen molar-refractivity contribution >= 4 is 50.5 Å². The van der Waals surface area contributed by atoms with Gasteiger partial charge in [-0.15, -0.1) is 0 Å². The molecule has 1 amide bonds. The standard InChI is InChI=1S/C15H15BrClN3O/c1-20(2)15(21)9-3-5-12(18)14(7-9)19-13-6-4-10(17)8-11(13)16/h3-8,19H,18H2,1-2H3. The lowest BCUT2D eigenvalue weighted by atomic mass is 10.1. The van der Waals surface area contributed by atoms with Crippen molar-refractivity contribution in [2.24, 2.45) is 0 Å². The van der Waals surface area contributed by atoms with Gasteiger partial charge in [0.05, 0.1) is 17.1 Å². The van der Waals surface area contributed by atoms with Gasteiger partial charge in [-0.3, -0.25) is 4.79 Å². The van der Waals surface area contributed by atoms with Gasteiger partial charge in [0.25, 0.3) is 5.91 Å². The molecule has 0 bridgehead atoms. The highest BCUT2D eigenvalue weighted by Crippen LogP contribution is 2.31. The van der Waals surface area contributed by atoms with E-state index < -0.39 is 0 Å². The summed E-state index contributed by atoms with van der Waals surface area (Å²) in [5.74, 6) is -0.0757. The molecule has 2 aromatic carbocycles. The fraction of sp³-hybridized carbons (Fsp3) is 0.133. The first-order valence-electron chi connectivity index (χ1n) is 6.21. The minimum atomic E-state index is -0.0757. The maximum absolute atomic E-state index is 12.0. The molecule has 0 saturated heterocycles. The number of benzene rings is 2. The van der Waals surface area contributed by atoms with Crippen LogP contribution in [0, 0.1) is 0 Å². The number of nitrogens with two attached hydrogens (primary N) is 1. The van der Waals surface area contributed by atoms with Gasteiger partial charge in [-0.2, -0.15) is 0 Å². The Labute approximate surface area is 137 Å². The maximum atomic E-state index is 12.0. The zero-order valence-electron chi connectivity index (χ0n) is 11.7. The summed E-state index contributed by atoms with van der Waals surface area (Å²) in [5.41, 5.74) is 8.59. The Hall–Kier alpha value is -1.72. The van der Waals surface area contributed by atoms with Crippen molar-refractivity contribution in [3.8, 4) is 0 Å². The lowest BCUT2D eigenvalue weighted by molar-refractivity contribution is 0.0827. The highest BCUT2D eigenvalue weighted by Gasteiger charge is 2.11. The van der Waals surface area contributed by atoms with Gasteiger partial charge in [-0.05, 0) is 52.3 Å². The van der Waals surface area contributed by atoms with Crippen LogP contribution < -0.4 is 11.1 Å². The summed E-state index contributed by atoms with van der Waals surface area (Å²) in [6.07, 6.45) is 0. The lowest BCUT2D eigenvalue weighted by Crippen LogP contribution is -2.21. The summed E-state index contributed by atoms with van der Waals surface area (Å²) in [5, 5.41) is 3.84. The molecule has 0 aliphatic rings. The molecule has 0 radical (unpaired) electrons. The van der Waals surface area contributed by atoms with Crippen molar-refractivity contribution in [2.45, 2.75) is 0 Å². The molecule has 0 fully saturated rings. The van der Waals surface area contributed by atoms with E-state index >= 15 is 0 Å². The average Bonchev–Trinajstić information content (AvgIpc) is 2.43. The third kappa shape index (κ3) is 3.68. The molecule has 0 atom stereocenters. The normalized spacial score (nSPS) is 10.3. The minimum absolute atomic E-state index is 0.0757. The largest absolute Gasteiger partial charge is 0.397 e. The number of rotatable bonds is 3. The first-order chi connectivity index (χ1) is 9.88. The van der Waals surface area contributed by atoms with Crippen LogP contribution in [-0.4, -0.2) is 24.9 Å². The Morgan fingerprint density at radius 1 is 1.19 bits per heavy atom. The second-order valence-corrected chi connectivity index (χ2v) is 6.04. The summed E-state index contributed by atoms with van der Waals surface area (Å²) in [6, 6.07) is 10.6. The van der Waals surface area contributed by atoms with Crippen molar-refractivity contribution in [3.63, 3.8) is 0 Å². The number of hydrogen-bond acceptors (Lipinski definition) is 3. The highest BCUT2D eigenvalue weighted by molar-refractivity contribution is 9.10. The quantitative estimate of drug-likeness (QED) is 0.801. The van der Waals surface area contributed by atoms with E-state index in [0.717, 1.165) is 10.2 Å². The first kappa shape index (κ1) is 15.7. The number of halogens is 2. The van der Waals surface area contributed by atoms with Crippen LogP contribution in [0.25, 0.3) is 0 Å². The molecule has 6 heteroatoms. The molecular weight excluding hydrogens is 354 g/mol. The van der Waals surface area contributed by atoms with Gasteiger partial charge in [-0.1, -0.05) is 11.6 Å². The smallest absolute Gasteiger partial charge is 0.253 e. The molecule has 3 N–H and O–H groups in total. The number of anilines is 3. The lowest BCUT2D eigenvalue weighted by Gasteiger charge is -2.15. The van der Waals surface area contributed by atoms with E-state index in [9.17, 15) is 4.79 Å². The molecule has 21 heavy (non-hydrogen) atoms. The van der Waals surface area contributed by atoms with Crippen LogP contribution in [0.3, 0.4) is 0 Å². The summed E-state index contributed by atoms with van der Waals surface area (Å²) >= 11 is 9.36. The van der Waals surface area contributed by atoms with Crippen LogP contribution in [0.15, 0.2) is 40.9 Å². The van der Waals surface area contributed by atoms with Crippen LogP contribution in [0.2, 0.25) is 5.02 Å². The monoisotopic (exact) mass is 367 g/mol. The SMILES string of the molecule is CN(C)C(=O)c1ccc(N)c(Nc2ccc(Cl)cc2Br)c1. The molecule has 0 aromatic heterocycles. The first-order valence-corrected chi connectivity index (χ1v) is 7.39. The molecule has 0 saturated carbocycles. The Kier molecular flexibility index (Phi) is 4.75. The Morgan fingerprint density at radius 2 is 1.90 bits per heavy atom. The Bertz CT molecular complexity index is 689. The van der Waals surface area contributed by atoms with Gasteiger partial charge < -0.3 is 16.0 Å². The zero-order valence-corrected chi connectivity index (χ0v) is 14.0. The fourth-order valence-electron chi connectivity index (χ4n) is 1.79. The van der Waals surface area contributed by atoms with Gasteiger partial charge in [0.15, 0.2) is 0 Å². The summed E-state index contributed by atoms with van der Waals surface area (Å²) < 4.78 is 0.818. The number of carbonyl (C=O) groups is 1. The molecular formula is C15H15BrClN3O. The maximum Gasteiger partial charge on any atom is 0.253 e. The van der Waals surface area contributed by atoms with Gasteiger partial charge in [0, 0.05) is 29.2 Å². The molecule has 0 aliphatic heterocycles. The van der Waals surface area contributed by atoms with Crippen LogP contribution in [0.5, 0.6) is 0 Å². The summed E-state index contributed by atoms with van der Waals surface area (Å²) in [7, 11) is 3.42. The number of hydrogen-bond donors (Lipinski definition) is 2. The van der Waals surface area contributed by atoms with Crippen LogP contribution in [0.1, 0.15) is 10.4 Å². The van der Waals surface area contributed by atoms with E-state index in [2.05, 4.69) is 21.2 Å². The van der Waals surface area contributed by atoms with E-state index in [-0.39, 0.29) is 5.91 Å². The number of nitrogens with one attached hydrogen (secondary N) is 1. The van der Waals surface area contributed by atoms with Crippen molar-refractivity contribution in [1.29, 1.82) is 0 Å². The van der Waals surface area contributed by atoms with Gasteiger partial charge in [-0.25, -0.2) is 0 Å². The third-order valence-electron chi connectivity index (χ3n) is 2.91. The topological polar surface area (TPSA) is 58.4 Å². The highest BCUT2D eigenvalue weighted by atomic mass is 79.9. The molecule has 0 aliphatic carbocycles. The van der Waals surface area contributed by atoms with Crippen molar-refractivity contribution in [2.75, 3.05) is 25.1 Å². The van der Waals surface area contributed by atoms with E-state index in [0.29, 0.717) is 22.0 Å². The average molecular weight is 369 g/mol. The molecule has 0 heterocycles. The molecule has 2 rings (SSSR count). The number of nitrogen functional groups attached to an aromatic ring is 1. The van der Waals surface area contributed by atoms with Crippen molar-refractivity contribution < 1.29 is 4.79 Å². The number of nitrogens with zero attached hydrogens (tertiary/aromatic N) is 1. The van der Waals surface area contributed by atoms with Crippen molar-refractivity contribution in [3.05, 3.63) is 51.5 Å². The van der Waals surface area contributed by atoms with Gasteiger partial charge in [0.1, 0.15) is 0 Å². The van der Waals surface area contributed by atoms with Crippen LogP contribution in [0.4, 0.5) is 17.1 Å². The van der Waals surface area contributed by atoms with Gasteiger partial charge in [0.2, 0.25) is 0 Å². The predicted molar refractivity (Wildman–Crippen MR) is 91.3 cm³/mol. The summed E-state index contributed by atoms with van der Waals surface area (Å²) in [6.45, 7) is 0. The molecule has 0 unspecified atom stereocenters. The molecule has 4 nitrogen and oxygen atoms in total. The zero-order chi connectivity index (χ0) is 15.6. The fourth-order valence-corrected chi connectivity index (χ4v) is 2.57. The molecule has 2 aromatic rings. The Morgan fingerprint density at radius 3 is 2.52 bits per heavy atom. The summed E-state index contributed by atoms with van der Waals surface area (Å²) in [4.78, 5) is 13.5. The van der Waals surface area contributed by atoms with Crippen molar-refractivity contribution in [1.82, 2.24) is 4.90 Å². The van der Waals surface area contributed by atoms with E-state index in [1.807, 2.05) is 6.07 Å². The second-order valence-electron chi connectivity index (χ2n) is 4.75. The van der Waals surface area contributed by atoms with Crippen LogP contribution in [-0.2, 0) is 0 Å². The van der Waals surface area contributed by atoms with Crippen LogP contribution >= 0.6 is 27.5 Å². The van der Waals surface area contributed by atoms with E-state index in [1.54, 1.807) is 44.4 Å². The Balaban J connectivity index is 2.35. The number of carbonyl (C=O) groups excluding carboxylic acids is 1.